The molecule has 2 aromatic rings. The fourth-order valence-corrected chi connectivity index (χ4v) is 3.36. The highest BCUT2D eigenvalue weighted by atomic mass is 32.2. The first kappa shape index (κ1) is 13.1. The Morgan fingerprint density at radius 2 is 2.20 bits per heavy atom. The number of fused-ring (bicyclic) bond motifs is 1. The van der Waals surface area contributed by atoms with Gasteiger partial charge in [0.15, 0.2) is 0 Å². The molecule has 1 aliphatic heterocycles. The summed E-state index contributed by atoms with van der Waals surface area (Å²) in [6.45, 7) is 2.90. The van der Waals surface area contributed by atoms with Crippen LogP contribution in [0.5, 0.6) is 0 Å². The van der Waals surface area contributed by atoms with Crippen LogP contribution in [0.1, 0.15) is 23.8 Å². The maximum atomic E-state index is 12.6. The minimum absolute atomic E-state index is 0.0831. The Hall–Kier alpha value is -1.88. The summed E-state index contributed by atoms with van der Waals surface area (Å²) in [6, 6.07) is 8.04. The summed E-state index contributed by atoms with van der Waals surface area (Å²) >= 11 is 1.82. The molecule has 0 bridgehead atoms. The average Bonchev–Trinajstić information content (AvgIpc) is 2.66. The van der Waals surface area contributed by atoms with Crippen LogP contribution in [0.2, 0.25) is 0 Å². The van der Waals surface area contributed by atoms with Gasteiger partial charge in [-0.1, -0.05) is 19.1 Å². The molecule has 1 aromatic heterocycles. The SMILES string of the molecule is C[C@H]1CCN(C(=O)c2cnccn2)c2ccccc2S1. The van der Waals surface area contributed by atoms with Gasteiger partial charge in [0.2, 0.25) is 0 Å². The second kappa shape index (κ2) is 5.63. The molecule has 0 unspecified atom stereocenters. The number of amides is 1. The van der Waals surface area contributed by atoms with Crippen LogP contribution >= 0.6 is 11.8 Å². The van der Waals surface area contributed by atoms with E-state index in [1.165, 1.54) is 6.20 Å². The Bertz CT molecular complexity index is 618. The highest BCUT2D eigenvalue weighted by molar-refractivity contribution is 8.00. The zero-order valence-electron chi connectivity index (χ0n) is 11.2. The number of rotatable bonds is 1. The highest BCUT2D eigenvalue weighted by Crippen LogP contribution is 2.37. The Morgan fingerprint density at radius 1 is 1.35 bits per heavy atom. The second-order valence-corrected chi connectivity index (χ2v) is 6.21. The third-order valence-corrected chi connectivity index (χ3v) is 4.51. The first-order chi connectivity index (χ1) is 9.75. The van der Waals surface area contributed by atoms with Crippen molar-refractivity contribution >= 4 is 23.4 Å². The van der Waals surface area contributed by atoms with E-state index in [0.29, 0.717) is 17.5 Å². The molecule has 0 spiro atoms. The van der Waals surface area contributed by atoms with Crippen molar-refractivity contribution in [2.24, 2.45) is 0 Å². The molecule has 0 saturated carbocycles. The van der Waals surface area contributed by atoms with Crippen LogP contribution in [0, 0.1) is 0 Å². The number of para-hydroxylation sites is 1. The van der Waals surface area contributed by atoms with Crippen LogP contribution < -0.4 is 4.90 Å². The van der Waals surface area contributed by atoms with E-state index in [0.717, 1.165) is 17.0 Å². The zero-order valence-corrected chi connectivity index (χ0v) is 12.0. The van der Waals surface area contributed by atoms with Crippen LogP contribution in [0.4, 0.5) is 5.69 Å². The summed E-state index contributed by atoms with van der Waals surface area (Å²) in [4.78, 5) is 23.7. The van der Waals surface area contributed by atoms with E-state index in [9.17, 15) is 4.79 Å². The quantitative estimate of drug-likeness (QED) is 0.808. The fourth-order valence-electron chi connectivity index (χ4n) is 2.25. The van der Waals surface area contributed by atoms with Crippen molar-refractivity contribution in [3.05, 3.63) is 48.5 Å². The van der Waals surface area contributed by atoms with E-state index >= 15 is 0 Å². The topological polar surface area (TPSA) is 46.1 Å². The third kappa shape index (κ3) is 2.54. The predicted octanol–water partition coefficient (Wildman–Crippen LogP) is 3.01. The molecule has 0 aliphatic carbocycles. The van der Waals surface area contributed by atoms with Crippen molar-refractivity contribution in [2.75, 3.05) is 11.4 Å². The van der Waals surface area contributed by atoms with E-state index in [4.69, 9.17) is 0 Å². The van der Waals surface area contributed by atoms with Gasteiger partial charge in [0.1, 0.15) is 5.69 Å². The Labute approximate surface area is 122 Å². The van der Waals surface area contributed by atoms with Gasteiger partial charge in [-0.25, -0.2) is 4.98 Å². The van der Waals surface area contributed by atoms with Gasteiger partial charge >= 0.3 is 0 Å². The number of hydrogen-bond donors (Lipinski definition) is 0. The summed E-state index contributed by atoms with van der Waals surface area (Å²) in [6.07, 6.45) is 5.61. The molecule has 1 atom stereocenters. The molecule has 2 heterocycles. The van der Waals surface area contributed by atoms with Gasteiger partial charge in [0.05, 0.1) is 11.9 Å². The van der Waals surface area contributed by atoms with Crippen molar-refractivity contribution < 1.29 is 4.79 Å². The number of carbonyl (C=O) groups is 1. The van der Waals surface area contributed by atoms with Crippen molar-refractivity contribution in [3.63, 3.8) is 0 Å². The van der Waals surface area contributed by atoms with E-state index in [2.05, 4.69) is 23.0 Å². The molecular weight excluding hydrogens is 270 g/mol. The molecule has 0 radical (unpaired) electrons. The largest absolute Gasteiger partial charge is 0.306 e. The molecular formula is C15H15N3OS. The van der Waals surface area contributed by atoms with Gasteiger partial charge in [-0.05, 0) is 18.6 Å². The fraction of sp³-hybridized carbons (Fsp3) is 0.267. The molecule has 0 N–H and O–H groups in total. The first-order valence-electron chi connectivity index (χ1n) is 6.59. The monoisotopic (exact) mass is 285 g/mol. The zero-order chi connectivity index (χ0) is 13.9. The van der Waals surface area contributed by atoms with E-state index in [1.54, 1.807) is 12.4 Å². The Kier molecular flexibility index (Phi) is 3.69. The maximum Gasteiger partial charge on any atom is 0.278 e. The molecule has 102 valence electrons. The van der Waals surface area contributed by atoms with Crippen LogP contribution in [-0.4, -0.2) is 27.7 Å². The number of hydrogen-bond acceptors (Lipinski definition) is 4. The Balaban J connectivity index is 1.99. The number of nitrogens with zero attached hydrogens (tertiary/aromatic N) is 3. The smallest absolute Gasteiger partial charge is 0.278 e. The van der Waals surface area contributed by atoms with Crippen molar-refractivity contribution in [1.29, 1.82) is 0 Å². The summed E-state index contributed by atoms with van der Waals surface area (Å²) in [5.41, 5.74) is 1.36. The maximum absolute atomic E-state index is 12.6. The molecule has 5 heteroatoms. The second-order valence-electron chi connectivity index (χ2n) is 4.73. The van der Waals surface area contributed by atoms with E-state index in [1.807, 2.05) is 34.9 Å². The van der Waals surface area contributed by atoms with Gasteiger partial charge in [0, 0.05) is 29.1 Å². The molecule has 1 amide bonds. The van der Waals surface area contributed by atoms with Gasteiger partial charge in [0.25, 0.3) is 5.91 Å². The molecule has 0 fully saturated rings. The first-order valence-corrected chi connectivity index (χ1v) is 7.47. The standard InChI is InChI=1S/C15H15N3OS/c1-11-6-9-18(13-4-2-3-5-14(13)20-11)15(19)12-10-16-7-8-17-12/h2-5,7-8,10-11H,6,9H2,1H3/t11-/m0/s1. The number of anilines is 1. The lowest BCUT2D eigenvalue weighted by atomic mass is 10.2. The van der Waals surface area contributed by atoms with Crippen molar-refractivity contribution in [2.45, 2.75) is 23.5 Å². The lowest BCUT2D eigenvalue weighted by molar-refractivity contribution is 0.0981. The van der Waals surface area contributed by atoms with E-state index < -0.39 is 0 Å². The van der Waals surface area contributed by atoms with Crippen LogP contribution in [0.25, 0.3) is 0 Å². The number of aromatic nitrogens is 2. The summed E-state index contributed by atoms with van der Waals surface area (Å²) in [5.74, 6) is -0.0831. The third-order valence-electron chi connectivity index (χ3n) is 3.27. The lowest BCUT2D eigenvalue weighted by Crippen LogP contribution is -2.32. The average molecular weight is 285 g/mol. The molecule has 1 aromatic carbocycles. The summed E-state index contributed by atoms with van der Waals surface area (Å²) in [7, 11) is 0. The van der Waals surface area contributed by atoms with Crippen molar-refractivity contribution in [1.82, 2.24) is 9.97 Å². The van der Waals surface area contributed by atoms with Gasteiger partial charge in [-0.15, -0.1) is 11.8 Å². The number of carbonyl (C=O) groups excluding carboxylic acids is 1. The van der Waals surface area contributed by atoms with Gasteiger partial charge < -0.3 is 4.90 Å². The van der Waals surface area contributed by atoms with Crippen LogP contribution in [0.3, 0.4) is 0 Å². The summed E-state index contributed by atoms with van der Waals surface area (Å²) in [5, 5.41) is 0.496. The van der Waals surface area contributed by atoms with Crippen molar-refractivity contribution in [3.8, 4) is 0 Å². The molecule has 0 saturated heterocycles. The minimum Gasteiger partial charge on any atom is -0.306 e. The predicted molar refractivity (Wildman–Crippen MR) is 80.1 cm³/mol. The number of thioether (sulfide) groups is 1. The van der Waals surface area contributed by atoms with E-state index in [-0.39, 0.29) is 5.91 Å². The Morgan fingerprint density at radius 3 is 3.00 bits per heavy atom. The van der Waals surface area contributed by atoms with Gasteiger partial charge in [-0.3, -0.25) is 9.78 Å². The summed E-state index contributed by atoms with van der Waals surface area (Å²) < 4.78 is 0. The molecule has 4 nitrogen and oxygen atoms in total. The highest BCUT2D eigenvalue weighted by Gasteiger charge is 2.25. The molecule has 1 aliphatic rings. The van der Waals surface area contributed by atoms with Crippen LogP contribution in [-0.2, 0) is 0 Å². The molecule has 20 heavy (non-hydrogen) atoms. The molecule has 3 rings (SSSR count). The lowest BCUT2D eigenvalue weighted by Gasteiger charge is -2.21. The minimum atomic E-state index is -0.0831. The normalized spacial score (nSPS) is 18.2. The number of benzene rings is 1. The van der Waals surface area contributed by atoms with Crippen LogP contribution in [0.15, 0.2) is 47.8 Å². The van der Waals surface area contributed by atoms with Gasteiger partial charge in [-0.2, -0.15) is 0 Å².